The maximum absolute atomic E-state index is 12.0. The minimum Gasteiger partial charge on any atom is -0.244 e. The molecule has 0 aliphatic heterocycles. The van der Waals surface area contributed by atoms with E-state index in [-0.39, 0.29) is 5.03 Å². The lowest BCUT2D eigenvalue weighted by atomic mass is 10.4. The molecule has 0 aliphatic carbocycles. The predicted molar refractivity (Wildman–Crippen MR) is 63.9 cm³/mol. The molecule has 1 aromatic rings. The van der Waals surface area contributed by atoms with Crippen molar-refractivity contribution < 1.29 is 8.42 Å². The minimum absolute atomic E-state index is 0.0858. The van der Waals surface area contributed by atoms with Crippen LogP contribution < -0.4 is 0 Å². The first-order valence-electron chi connectivity index (χ1n) is 4.40. The molecule has 0 aliphatic rings. The highest BCUT2D eigenvalue weighted by Crippen LogP contribution is 2.23. The molecule has 0 amide bonds. The van der Waals surface area contributed by atoms with E-state index in [1.165, 1.54) is 6.20 Å². The Hall–Kier alpha value is -0.130. The SMILES string of the molecule is CC(CCCl)S(=O)(=O)c1ncccc1Br. The summed E-state index contributed by atoms with van der Waals surface area (Å²) in [6.45, 7) is 1.64. The number of alkyl halides is 1. The van der Waals surface area contributed by atoms with E-state index >= 15 is 0 Å². The Morgan fingerprint density at radius 3 is 2.80 bits per heavy atom. The molecule has 1 atom stereocenters. The molecule has 3 nitrogen and oxygen atoms in total. The molecule has 0 saturated heterocycles. The van der Waals surface area contributed by atoms with Crippen LogP contribution in [-0.2, 0) is 9.84 Å². The zero-order valence-corrected chi connectivity index (χ0v) is 11.3. The molecule has 84 valence electrons. The highest BCUT2D eigenvalue weighted by Gasteiger charge is 2.26. The first kappa shape index (κ1) is 12.9. The van der Waals surface area contributed by atoms with Crippen molar-refractivity contribution in [1.82, 2.24) is 4.98 Å². The largest absolute Gasteiger partial charge is 0.244 e. The van der Waals surface area contributed by atoms with Gasteiger partial charge in [0.05, 0.1) is 9.72 Å². The fourth-order valence-electron chi connectivity index (χ4n) is 1.08. The van der Waals surface area contributed by atoms with E-state index in [1.54, 1.807) is 19.1 Å². The summed E-state index contributed by atoms with van der Waals surface area (Å²) >= 11 is 8.71. The van der Waals surface area contributed by atoms with Crippen molar-refractivity contribution in [3.8, 4) is 0 Å². The summed E-state index contributed by atoms with van der Waals surface area (Å²) in [6.07, 6.45) is 1.89. The van der Waals surface area contributed by atoms with E-state index in [1.807, 2.05) is 0 Å². The van der Waals surface area contributed by atoms with Crippen LogP contribution in [0.4, 0.5) is 0 Å². The third-order valence-electron chi connectivity index (χ3n) is 2.04. The molecule has 15 heavy (non-hydrogen) atoms. The average molecular weight is 313 g/mol. The second-order valence-electron chi connectivity index (χ2n) is 3.12. The molecule has 6 heteroatoms. The molecule has 1 aromatic heterocycles. The molecular formula is C9H11BrClNO2S. The van der Waals surface area contributed by atoms with Crippen molar-refractivity contribution in [2.24, 2.45) is 0 Å². The first-order valence-corrected chi connectivity index (χ1v) is 7.28. The summed E-state index contributed by atoms with van der Waals surface area (Å²) in [4.78, 5) is 3.88. The van der Waals surface area contributed by atoms with Gasteiger partial charge in [-0.05, 0) is 41.4 Å². The lowest BCUT2D eigenvalue weighted by Gasteiger charge is -2.11. The smallest absolute Gasteiger partial charge is 0.199 e. The number of halogens is 2. The van der Waals surface area contributed by atoms with Gasteiger partial charge < -0.3 is 0 Å². The zero-order valence-electron chi connectivity index (χ0n) is 8.15. The third-order valence-corrected chi connectivity index (χ3v) is 5.32. The van der Waals surface area contributed by atoms with Crippen molar-refractivity contribution in [3.05, 3.63) is 22.8 Å². The number of aromatic nitrogens is 1. The summed E-state index contributed by atoms with van der Waals surface area (Å²) in [7, 11) is -3.37. The fourth-order valence-corrected chi connectivity index (χ4v) is 3.83. The number of hydrogen-bond acceptors (Lipinski definition) is 3. The summed E-state index contributed by atoms with van der Waals surface area (Å²) in [5, 5.41) is -0.427. The second-order valence-corrected chi connectivity index (χ2v) is 6.64. The maximum atomic E-state index is 12.0. The number of pyridine rings is 1. The Labute approximate surface area is 103 Å². The zero-order chi connectivity index (χ0) is 11.5. The van der Waals surface area contributed by atoms with Gasteiger partial charge in [0, 0.05) is 12.1 Å². The molecule has 1 unspecified atom stereocenters. The van der Waals surface area contributed by atoms with Gasteiger partial charge in [0.15, 0.2) is 14.9 Å². The number of rotatable bonds is 4. The summed E-state index contributed by atoms with van der Waals surface area (Å²) in [5.74, 6) is 0.324. The minimum atomic E-state index is -3.37. The van der Waals surface area contributed by atoms with Crippen molar-refractivity contribution in [1.29, 1.82) is 0 Å². The topological polar surface area (TPSA) is 47.0 Å². The highest BCUT2D eigenvalue weighted by atomic mass is 79.9. The van der Waals surface area contributed by atoms with E-state index in [0.29, 0.717) is 16.8 Å². The molecule has 0 saturated carbocycles. The fraction of sp³-hybridized carbons (Fsp3) is 0.444. The molecule has 0 spiro atoms. The van der Waals surface area contributed by atoms with E-state index in [2.05, 4.69) is 20.9 Å². The quantitative estimate of drug-likeness (QED) is 0.803. The molecule has 0 bridgehead atoms. The van der Waals surface area contributed by atoms with Gasteiger partial charge >= 0.3 is 0 Å². The van der Waals surface area contributed by atoms with Crippen LogP contribution >= 0.6 is 27.5 Å². The van der Waals surface area contributed by atoms with Gasteiger partial charge in [0.1, 0.15) is 0 Å². The Bertz CT molecular complexity index is 435. The Morgan fingerprint density at radius 2 is 2.27 bits per heavy atom. The van der Waals surface area contributed by atoms with Crippen LogP contribution in [0.25, 0.3) is 0 Å². The molecule has 0 radical (unpaired) electrons. The summed E-state index contributed by atoms with van der Waals surface area (Å²) in [5.41, 5.74) is 0. The van der Waals surface area contributed by atoms with E-state index in [0.717, 1.165) is 0 Å². The van der Waals surface area contributed by atoms with Gasteiger partial charge in [0.25, 0.3) is 0 Å². The van der Waals surface area contributed by atoms with Gasteiger partial charge in [-0.3, -0.25) is 0 Å². The Morgan fingerprint density at radius 1 is 1.60 bits per heavy atom. The lowest BCUT2D eigenvalue weighted by molar-refractivity contribution is 0.577. The lowest BCUT2D eigenvalue weighted by Crippen LogP contribution is -2.20. The van der Waals surface area contributed by atoms with Gasteiger partial charge in [-0.25, -0.2) is 13.4 Å². The van der Waals surface area contributed by atoms with Gasteiger partial charge in [-0.2, -0.15) is 0 Å². The van der Waals surface area contributed by atoms with Gasteiger partial charge in [-0.1, -0.05) is 0 Å². The summed E-state index contributed by atoms with van der Waals surface area (Å²) in [6, 6.07) is 3.34. The van der Waals surface area contributed by atoms with Gasteiger partial charge in [0.2, 0.25) is 0 Å². The number of nitrogens with zero attached hydrogens (tertiary/aromatic N) is 1. The maximum Gasteiger partial charge on any atom is 0.199 e. The molecule has 0 N–H and O–H groups in total. The van der Waals surface area contributed by atoms with Gasteiger partial charge in [-0.15, -0.1) is 11.6 Å². The van der Waals surface area contributed by atoms with Crippen LogP contribution in [0.15, 0.2) is 27.8 Å². The van der Waals surface area contributed by atoms with Crippen LogP contribution in [0.3, 0.4) is 0 Å². The van der Waals surface area contributed by atoms with Crippen LogP contribution in [0.1, 0.15) is 13.3 Å². The molecule has 0 aromatic carbocycles. The molecule has 1 rings (SSSR count). The third kappa shape index (κ3) is 2.92. The first-order chi connectivity index (χ1) is 7.00. The predicted octanol–water partition coefficient (Wildman–Crippen LogP) is 2.64. The van der Waals surface area contributed by atoms with Crippen LogP contribution in [0, 0.1) is 0 Å². The van der Waals surface area contributed by atoms with Crippen LogP contribution in [0.5, 0.6) is 0 Å². The normalized spacial score (nSPS) is 13.8. The van der Waals surface area contributed by atoms with Crippen molar-refractivity contribution in [2.75, 3.05) is 5.88 Å². The van der Waals surface area contributed by atoms with E-state index in [9.17, 15) is 8.42 Å². The van der Waals surface area contributed by atoms with Crippen LogP contribution in [-0.4, -0.2) is 24.5 Å². The Kier molecular flexibility index (Phi) is 4.55. The van der Waals surface area contributed by atoms with Crippen molar-refractivity contribution >= 4 is 37.4 Å². The standard InChI is InChI=1S/C9H11BrClNO2S/c1-7(4-5-11)15(13,14)9-8(10)3-2-6-12-9/h2-3,6-7H,4-5H2,1H3. The molecular weight excluding hydrogens is 302 g/mol. The molecule has 0 fully saturated rings. The summed E-state index contributed by atoms with van der Waals surface area (Å²) < 4.78 is 24.5. The van der Waals surface area contributed by atoms with E-state index < -0.39 is 15.1 Å². The Balaban J connectivity index is 3.12. The van der Waals surface area contributed by atoms with Crippen LogP contribution in [0.2, 0.25) is 0 Å². The monoisotopic (exact) mass is 311 g/mol. The second kappa shape index (κ2) is 5.27. The number of hydrogen-bond donors (Lipinski definition) is 0. The highest BCUT2D eigenvalue weighted by molar-refractivity contribution is 9.10. The average Bonchev–Trinajstić information content (AvgIpc) is 2.18. The van der Waals surface area contributed by atoms with Crippen molar-refractivity contribution in [3.63, 3.8) is 0 Å². The van der Waals surface area contributed by atoms with E-state index in [4.69, 9.17) is 11.6 Å². The van der Waals surface area contributed by atoms with Crippen molar-refractivity contribution in [2.45, 2.75) is 23.6 Å². The number of sulfone groups is 1. The molecule has 1 heterocycles.